The number of nitrogens with zero attached hydrogens (tertiary/aromatic N) is 3. The van der Waals surface area contributed by atoms with Crippen LogP contribution >= 0.6 is 28.3 Å². The average Bonchev–Trinajstić information content (AvgIpc) is 2.77. The van der Waals surface area contributed by atoms with Crippen LogP contribution in [-0.4, -0.2) is 51.6 Å². The summed E-state index contributed by atoms with van der Waals surface area (Å²) in [6.07, 6.45) is 1.85. The fourth-order valence-corrected chi connectivity index (χ4v) is 4.20. The molecule has 0 saturated carbocycles. The first kappa shape index (κ1) is 16.7. The molecule has 0 amide bonds. The summed E-state index contributed by atoms with van der Waals surface area (Å²) in [6.45, 7) is 1.98. The minimum atomic E-state index is 0. The van der Waals surface area contributed by atoms with Crippen LogP contribution in [0.4, 0.5) is 10.4 Å². The van der Waals surface area contributed by atoms with Gasteiger partial charge < -0.3 is 0 Å². The molecule has 0 aliphatic carbocycles. The minimum Gasteiger partial charge on any atom is -0.147 e. The van der Waals surface area contributed by atoms with E-state index in [1.54, 1.807) is 0 Å². The van der Waals surface area contributed by atoms with Crippen LogP contribution in [0, 0.1) is 0 Å². The van der Waals surface area contributed by atoms with Gasteiger partial charge in [-0.3, -0.25) is 0 Å². The Hall–Kier alpha value is -0.321. The van der Waals surface area contributed by atoms with E-state index >= 15 is 0 Å². The number of anilines is 2. The second-order valence-corrected chi connectivity index (χ2v) is 8.48. The standard InChI is InChI=1S/C13H16BrN3Se.ClH/c1-16(2)9-10-17(12-5-3-4-8-15-12)13-7-6-11(14)18-13;/h3-8H,9-10H2,1-2H3;1H. The van der Waals surface area contributed by atoms with Crippen molar-refractivity contribution >= 4 is 53.2 Å². The first-order valence-electron chi connectivity index (χ1n) is 5.75. The molecule has 0 aliphatic heterocycles. The molecule has 6 heteroatoms. The van der Waals surface area contributed by atoms with Crippen LogP contribution in [-0.2, 0) is 0 Å². The van der Waals surface area contributed by atoms with Crippen LogP contribution < -0.4 is 4.90 Å². The zero-order valence-electron chi connectivity index (χ0n) is 10.9. The quantitative estimate of drug-likeness (QED) is 0.708. The van der Waals surface area contributed by atoms with E-state index in [4.69, 9.17) is 0 Å². The fraction of sp³-hybridized carbons (Fsp3) is 0.308. The van der Waals surface area contributed by atoms with Crippen molar-refractivity contribution in [1.82, 2.24) is 9.88 Å². The van der Waals surface area contributed by atoms with Gasteiger partial charge in [-0.1, -0.05) is 0 Å². The molecule has 2 aromatic rings. The molecule has 0 radical (unpaired) electrons. The van der Waals surface area contributed by atoms with E-state index in [0.29, 0.717) is 14.5 Å². The van der Waals surface area contributed by atoms with Crippen LogP contribution in [0.2, 0.25) is 0 Å². The smallest absolute Gasteiger partial charge is 0.147 e. The van der Waals surface area contributed by atoms with Crippen LogP contribution in [0.3, 0.4) is 0 Å². The summed E-state index contributed by atoms with van der Waals surface area (Å²) >= 11 is 3.94. The first-order chi connectivity index (χ1) is 8.66. The molecule has 0 bridgehead atoms. The largest absolute Gasteiger partial charge is 0.147 e. The predicted molar refractivity (Wildman–Crippen MR) is 88.1 cm³/mol. The number of likely N-dealkylation sites (N-methyl/N-ethyl adjacent to an activating group) is 1. The SMILES string of the molecule is CN(C)CCN(c1ccccn1)c1ccc(Br)[se]1.Cl. The number of hydrogen-bond donors (Lipinski definition) is 0. The van der Waals surface area contributed by atoms with Gasteiger partial charge in [0.1, 0.15) is 0 Å². The molecule has 3 nitrogen and oxygen atoms in total. The maximum atomic E-state index is 4.46. The van der Waals surface area contributed by atoms with E-state index in [1.165, 1.54) is 7.91 Å². The van der Waals surface area contributed by atoms with Crippen LogP contribution in [0.5, 0.6) is 0 Å². The third-order valence-electron chi connectivity index (χ3n) is 2.52. The summed E-state index contributed by atoms with van der Waals surface area (Å²) in [7, 11) is 4.19. The molecular formula is C13H17BrClN3Se. The van der Waals surface area contributed by atoms with Gasteiger partial charge in [-0.2, -0.15) is 0 Å². The number of rotatable bonds is 5. The molecule has 19 heavy (non-hydrogen) atoms. The molecule has 0 saturated heterocycles. The maximum Gasteiger partial charge on any atom is -0.147 e. The van der Waals surface area contributed by atoms with E-state index in [-0.39, 0.29) is 12.4 Å². The van der Waals surface area contributed by atoms with E-state index in [9.17, 15) is 0 Å². The summed E-state index contributed by atoms with van der Waals surface area (Å²) in [5.74, 6) is 1.03. The predicted octanol–water partition coefficient (Wildman–Crippen LogP) is 3.02. The van der Waals surface area contributed by atoms with Gasteiger partial charge in [-0.15, -0.1) is 12.4 Å². The van der Waals surface area contributed by atoms with E-state index in [1.807, 2.05) is 18.3 Å². The fourth-order valence-electron chi connectivity index (χ4n) is 1.60. The monoisotopic (exact) mass is 409 g/mol. The Morgan fingerprint density at radius 1 is 1.16 bits per heavy atom. The Morgan fingerprint density at radius 3 is 2.47 bits per heavy atom. The molecule has 0 aliphatic rings. The number of halogens is 2. The van der Waals surface area contributed by atoms with Crippen LogP contribution in [0.1, 0.15) is 0 Å². The topological polar surface area (TPSA) is 19.4 Å². The number of aromatic nitrogens is 1. The Balaban J connectivity index is 0.00000180. The number of hydrogen-bond acceptors (Lipinski definition) is 3. The average molecular weight is 410 g/mol. The van der Waals surface area contributed by atoms with Crippen molar-refractivity contribution in [3.8, 4) is 0 Å². The summed E-state index contributed by atoms with van der Waals surface area (Å²) in [5.41, 5.74) is 0. The molecular weight excluding hydrogens is 392 g/mol. The van der Waals surface area contributed by atoms with Crippen molar-refractivity contribution in [3.63, 3.8) is 0 Å². The van der Waals surface area contributed by atoms with Gasteiger partial charge in [-0.05, 0) is 0 Å². The molecule has 2 aromatic heterocycles. The van der Waals surface area contributed by atoms with Crippen molar-refractivity contribution in [2.75, 3.05) is 32.1 Å². The second kappa shape index (κ2) is 8.08. The van der Waals surface area contributed by atoms with E-state index < -0.39 is 0 Å². The molecule has 0 spiro atoms. The minimum absolute atomic E-state index is 0. The third kappa shape index (κ3) is 4.93. The summed E-state index contributed by atoms with van der Waals surface area (Å²) < 4.78 is 2.64. The van der Waals surface area contributed by atoms with Crippen molar-refractivity contribution in [3.05, 3.63) is 39.9 Å². The van der Waals surface area contributed by atoms with Gasteiger partial charge in [0.05, 0.1) is 0 Å². The first-order valence-corrected chi connectivity index (χ1v) is 8.26. The molecule has 2 rings (SSSR count). The van der Waals surface area contributed by atoms with E-state index in [2.05, 4.69) is 63.0 Å². The van der Waals surface area contributed by atoms with Gasteiger partial charge in [0, 0.05) is 0 Å². The van der Waals surface area contributed by atoms with Crippen LogP contribution in [0.25, 0.3) is 0 Å². The number of pyridine rings is 1. The molecule has 0 fully saturated rings. The summed E-state index contributed by atoms with van der Waals surface area (Å²) in [5, 5.41) is 0. The van der Waals surface area contributed by atoms with Gasteiger partial charge in [0.25, 0.3) is 0 Å². The van der Waals surface area contributed by atoms with Gasteiger partial charge >= 0.3 is 123 Å². The third-order valence-corrected chi connectivity index (χ3v) is 5.51. The molecule has 104 valence electrons. The van der Waals surface area contributed by atoms with Gasteiger partial charge in [-0.25, -0.2) is 0 Å². The maximum absolute atomic E-state index is 4.46. The molecule has 0 aromatic carbocycles. The normalized spacial score (nSPS) is 10.3. The Morgan fingerprint density at radius 2 is 1.95 bits per heavy atom. The summed E-state index contributed by atoms with van der Waals surface area (Å²) in [4.78, 5) is 8.97. The molecule has 2 heterocycles. The molecule has 0 atom stereocenters. The van der Waals surface area contributed by atoms with Crippen molar-refractivity contribution in [2.45, 2.75) is 0 Å². The zero-order valence-corrected chi connectivity index (χ0v) is 15.0. The Bertz CT molecular complexity index is 490. The van der Waals surface area contributed by atoms with Crippen molar-refractivity contribution in [1.29, 1.82) is 0 Å². The van der Waals surface area contributed by atoms with Crippen molar-refractivity contribution in [2.24, 2.45) is 0 Å². The van der Waals surface area contributed by atoms with E-state index in [0.717, 1.165) is 18.9 Å². The zero-order chi connectivity index (χ0) is 13.0. The molecule has 0 N–H and O–H groups in total. The van der Waals surface area contributed by atoms with Crippen LogP contribution in [0.15, 0.2) is 39.9 Å². The Kier molecular flexibility index (Phi) is 7.11. The molecule has 0 unspecified atom stereocenters. The summed E-state index contributed by atoms with van der Waals surface area (Å²) in [6, 6.07) is 10.4. The second-order valence-electron chi connectivity index (χ2n) is 4.22. The Labute approximate surface area is 134 Å². The van der Waals surface area contributed by atoms with Gasteiger partial charge in [0.15, 0.2) is 0 Å². The van der Waals surface area contributed by atoms with Gasteiger partial charge in [0.2, 0.25) is 0 Å². The van der Waals surface area contributed by atoms with Crippen molar-refractivity contribution < 1.29 is 0 Å².